The van der Waals surface area contributed by atoms with Gasteiger partial charge in [-0.05, 0) is 55.8 Å². The Labute approximate surface area is 162 Å². The van der Waals surface area contributed by atoms with Crippen LogP contribution in [0, 0.1) is 18.3 Å². The first-order valence-electron chi connectivity index (χ1n) is 8.56. The number of nitrogens with zero attached hydrogens (tertiary/aromatic N) is 2. The van der Waals surface area contributed by atoms with Gasteiger partial charge in [0.1, 0.15) is 16.8 Å². The number of carbonyl (C=O) groups is 1. The van der Waals surface area contributed by atoms with Gasteiger partial charge in [0.25, 0.3) is 0 Å². The molecule has 2 aromatic carbocycles. The molecule has 0 aliphatic rings. The van der Waals surface area contributed by atoms with Crippen LogP contribution in [-0.4, -0.2) is 23.3 Å². The van der Waals surface area contributed by atoms with E-state index in [2.05, 4.69) is 16.4 Å². The molecule has 6 heteroatoms. The van der Waals surface area contributed by atoms with Crippen molar-refractivity contribution in [2.45, 2.75) is 18.9 Å². The second-order valence-corrected chi connectivity index (χ2v) is 6.91. The second kappa shape index (κ2) is 8.56. The maximum atomic E-state index is 12.2. The van der Waals surface area contributed by atoms with Crippen LogP contribution in [0.2, 0.25) is 0 Å². The zero-order chi connectivity index (χ0) is 19.2. The normalized spacial score (nSPS) is 10.4. The van der Waals surface area contributed by atoms with Crippen LogP contribution in [0.25, 0.3) is 10.9 Å². The molecule has 0 atom stereocenters. The van der Waals surface area contributed by atoms with Crippen molar-refractivity contribution in [1.29, 1.82) is 5.26 Å². The van der Waals surface area contributed by atoms with Crippen LogP contribution in [0.3, 0.4) is 0 Å². The Hall–Kier alpha value is -3.04. The van der Waals surface area contributed by atoms with Crippen LogP contribution in [0.4, 0.5) is 5.69 Å². The number of benzene rings is 2. The number of amides is 1. The monoisotopic (exact) mass is 377 g/mol. The van der Waals surface area contributed by atoms with E-state index in [1.54, 1.807) is 6.07 Å². The van der Waals surface area contributed by atoms with Gasteiger partial charge >= 0.3 is 0 Å². The number of anilines is 1. The lowest BCUT2D eigenvalue weighted by molar-refractivity contribution is -0.113. The number of hydrogen-bond acceptors (Lipinski definition) is 5. The van der Waals surface area contributed by atoms with Crippen LogP contribution >= 0.6 is 11.8 Å². The third-order valence-corrected chi connectivity index (χ3v) is 4.82. The fourth-order valence-corrected chi connectivity index (χ4v) is 3.40. The Morgan fingerprint density at radius 2 is 2.11 bits per heavy atom. The van der Waals surface area contributed by atoms with E-state index in [-0.39, 0.29) is 11.7 Å². The predicted octanol–water partition coefficient (Wildman–Crippen LogP) is 4.54. The highest BCUT2D eigenvalue weighted by Gasteiger charge is 2.11. The van der Waals surface area contributed by atoms with Gasteiger partial charge in [0.15, 0.2) is 0 Å². The van der Waals surface area contributed by atoms with Crippen molar-refractivity contribution in [3.63, 3.8) is 0 Å². The number of thioether (sulfide) groups is 1. The van der Waals surface area contributed by atoms with Crippen molar-refractivity contribution >= 4 is 34.3 Å². The number of aryl methyl sites for hydroxylation is 1. The first kappa shape index (κ1) is 18.7. The van der Waals surface area contributed by atoms with Crippen LogP contribution in [0.15, 0.2) is 53.6 Å². The lowest BCUT2D eigenvalue weighted by atomic mass is 10.1. The van der Waals surface area contributed by atoms with Crippen molar-refractivity contribution in [3.05, 3.63) is 59.7 Å². The topological polar surface area (TPSA) is 75.0 Å². The molecule has 1 amide bonds. The SMILES string of the molecule is CCOc1ccc2nc(SCC(=O)Nc3cccc(C)c3)c(C#N)cc2c1. The minimum Gasteiger partial charge on any atom is -0.494 e. The van der Waals surface area contributed by atoms with Crippen LogP contribution < -0.4 is 10.1 Å². The fourth-order valence-electron chi connectivity index (χ4n) is 2.64. The third-order valence-electron chi connectivity index (χ3n) is 3.82. The van der Waals surface area contributed by atoms with E-state index in [1.807, 2.05) is 56.3 Å². The smallest absolute Gasteiger partial charge is 0.234 e. The zero-order valence-corrected chi connectivity index (χ0v) is 16.0. The molecule has 0 fully saturated rings. The van der Waals surface area contributed by atoms with Crippen LogP contribution in [-0.2, 0) is 4.79 Å². The fraction of sp³-hybridized carbons (Fsp3) is 0.190. The Morgan fingerprint density at radius 3 is 2.85 bits per heavy atom. The molecular weight excluding hydrogens is 358 g/mol. The molecule has 0 aliphatic carbocycles. The highest BCUT2D eigenvalue weighted by molar-refractivity contribution is 8.00. The largest absolute Gasteiger partial charge is 0.494 e. The van der Waals surface area contributed by atoms with Gasteiger partial charge in [0.2, 0.25) is 5.91 Å². The molecule has 27 heavy (non-hydrogen) atoms. The number of ether oxygens (including phenoxy) is 1. The average molecular weight is 377 g/mol. The lowest BCUT2D eigenvalue weighted by Crippen LogP contribution is -2.14. The molecular formula is C21H19N3O2S. The summed E-state index contributed by atoms with van der Waals surface area (Å²) in [7, 11) is 0. The van der Waals surface area contributed by atoms with Gasteiger partial charge in [0.05, 0.1) is 23.4 Å². The molecule has 0 aliphatic heterocycles. The Balaban J connectivity index is 1.74. The molecule has 1 aromatic heterocycles. The highest BCUT2D eigenvalue weighted by Crippen LogP contribution is 2.27. The van der Waals surface area contributed by atoms with Gasteiger partial charge in [0, 0.05) is 11.1 Å². The van der Waals surface area contributed by atoms with Gasteiger partial charge < -0.3 is 10.1 Å². The van der Waals surface area contributed by atoms with E-state index in [9.17, 15) is 10.1 Å². The molecule has 0 saturated carbocycles. The summed E-state index contributed by atoms with van der Waals surface area (Å²) in [5, 5.41) is 13.7. The third kappa shape index (κ3) is 4.78. The number of rotatable bonds is 6. The Bertz CT molecular complexity index is 1030. The second-order valence-electron chi connectivity index (χ2n) is 5.95. The van der Waals surface area contributed by atoms with Crippen molar-refractivity contribution in [2.24, 2.45) is 0 Å². The lowest BCUT2D eigenvalue weighted by Gasteiger charge is -2.08. The summed E-state index contributed by atoms with van der Waals surface area (Å²) in [5.41, 5.74) is 3.05. The maximum Gasteiger partial charge on any atom is 0.234 e. The number of aromatic nitrogens is 1. The van der Waals surface area contributed by atoms with Crippen molar-refractivity contribution in [1.82, 2.24) is 4.98 Å². The van der Waals surface area contributed by atoms with Crippen LogP contribution in [0.5, 0.6) is 5.75 Å². The Kier molecular flexibility index (Phi) is 5.94. The molecule has 0 spiro atoms. The Morgan fingerprint density at radius 1 is 1.26 bits per heavy atom. The summed E-state index contributed by atoms with van der Waals surface area (Å²) in [6.07, 6.45) is 0. The maximum absolute atomic E-state index is 12.2. The molecule has 5 nitrogen and oxygen atoms in total. The molecule has 3 aromatic rings. The van der Waals surface area contributed by atoms with E-state index >= 15 is 0 Å². The number of nitriles is 1. The van der Waals surface area contributed by atoms with E-state index in [0.29, 0.717) is 17.2 Å². The molecule has 136 valence electrons. The summed E-state index contributed by atoms with van der Waals surface area (Å²) < 4.78 is 5.49. The van der Waals surface area contributed by atoms with Gasteiger partial charge in [-0.3, -0.25) is 4.79 Å². The van der Waals surface area contributed by atoms with Crippen LogP contribution in [0.1, 0.15) is 18.1 Å². The van der Waals surface area contributed by atoms with E-state index in [4.69, 9.17) is 4.74 Å². The molecule has 3 rings (SSSR count). The standard InChI is InChI=1S/C21H19N3O2S/c1-3-26-18-7-8-19-15(11-18)10-16(12-22)21(24-19)27-13-20(25)23-17-6-4-5-14(2)9-17/h4-11H,3,13H2,1-2H3,(H,23,25). The summed E-state index contributed by atoms with van der Waals surface area (Å²) in [6, 6.07) is 17.2. The van der Waals surface area contributed by atoms with Gasteiger partial charge in [-0.1, -0.05) is 23.9 Å². The first-order valence-corrected chi connectivity index (χ1v) is 9.54. The summed E-state index contributed by atoms with van der Waals surface area (Å²) in [4.78, 5) is 16.8. The van der Waals surface area contributed by atoms with Crippen molar-refractivity contribution in [2.75, 3.05) is 17.7 Å². The van der Waals surface area contributed by atoms with E-state index in [0.717, 1.165) is 27.9 Å². The van der Waals surface area contributed by atoms with Gasteiger partial charge in [-0.15, -0.1) is 0 Å². The number of hydrogen-bond donors (Lipinski definition) is 1. The number of pyridine rings is 1. The molecule has 1 N–H and O–H groups in total. The zero-order valence-electron chi connectivity index (χ0n) is 15.2. The predicted molar refractivity (Wildman–Crippen MR) is 108 cm³/mol. The van der Waals surface area contributed by atoms with Gasteiger partial charge in [-0.25, -0.2) is 4.98 Å². The minimum atomic E-state index is -0.136. The number of nitrogens with one attached hydrogen (secondary N) is 1. The number of carbonyl (C=O) groups excluding carboxylic acids is 1. The van der Waals surface area contributed by atoms with Crippen molar-refractivity contribution in [3.8, 4) is 11.8 Å². The first-order chi connectivity index (χ1) is 13.1. The average Bonchev–Trinajstić information content (AvgIpc) is 2.66. The molecule has 1 heterocycles. The van der Waals surface area contributed by atoms with E-state index in [1.165, 1.54) is 11.8 Å². The van der Waals surface area contributed by atoms with Gasteiger partial charge in [-0.2, -0.15) is 5.26 Å². The molecule has 0 bridgehead atoms. The summed E-state index contributed by atoms with van der Waals surface area (Å²) in [5.74, 6) is 0.787. The summed E-state index contributed by atoms with van der Waals surface area (Å²) in [6.45, 7) is 4.47. The molecule has 0 radical (unpaired) electrons. The van der Waals surface area contributed by atoms with Crippen molar-refractivity contribution < 1.29 is 9.53 Å². The minimum absolute atomic E-state index is 0.136. The quantitative estimate of drug-likeness (QED) is 0.638. The summed E-state index contributed by atoms with van der Waals surface area (Å²) >= 11 is 1.26. The number of fused-ring (bicyclic) bond motifs is 1. The molecule has 0 saturated heterocycles. The van der Waals surface area contributed by atoms with E-state index < -0.39 is 0 Å². The highest BCUT2D eigenvalue weighted by atomic mass is 32.2. The molecule has 0 unspecified atom stereocenters.